The standard InChI is InChI=1S/C21H33F3N2O4S/c1-25(14-16-29-3)13-4-15-30-19-9-7-18(8-10-19)26(2)31(27,28)20-11-5-17(6-12-20)21(22,23)24/h5-6,11-12,18-19H,4,7-10,13-16H2,1-3H3. The van der Waals surface area contributed by atoms with Gasteiger partial charge in [-0.3, -0.25) is 0 Å². The molecule has 1 aromatic carbocycles. The molecule has 0 saturated heterocycles. The van der Waals surface area contributed by atoms with E-state index in [1.54, 1.807) is 7.11 Å². The number of benzene rings is 1. The van der Waals surface area contributed by atoms with Gasteiger partial charge in [-0.2, -0.15) is 17.5 Å². The van der Waals surface area contributed by atoms with Gasteiger partial charge in [0.1, 0.15) is 0 Å². The fourth-order valence-electron chi connectivity index (χ4n) is 3.70. The third-order valence-electron chi connectivity index (χ3n) is 5.73. The maximum atomic E-state index is 12.8. The van der Waals surface area contributed by atoms with Crippen molar-refractivity contribution in [2.75, 3.05) is 47.5 Å². The minimum Gasteiger partial charge on any atom is -0.383 e. The number of methoxy groups -OCH3 is 1. The molecular formula is C21H33F3N2O4S. The first-order chi connectivity index (χ1) is 14.6. The largest absolute Gasteiger partial charge is 0.416 e. The van der Waals surface area contributed by atoms with Gasteiger partial charge in [-0.05, 0) is 63.4 Å². The summed E-state index contributed by atoms with van der Waals surface area (Å²) in [6.07, 6.45) is -0.617. The van der Waals surface area contributed by atoms with Crippen LogP contribution < -0.4 is 0 Å². The van der Waals surface area contributed by atoms with Gasteiger partial charge in [-0.15, -0.1) is 0 Å². The van der Waals surface area contributed by atoms with Gasteiger partial charge in [0.05, 0.1) is 23.2 Å². The zero-order chi connectivity index (χ0) is 23.1. The Kier molecular flexibility index (Phi) is 9.75. The van der Waals surface area contributed by atoms with Crippen molar-refractivity contribution in [3.63, 3.8) is 0 Å². The van der Waals surface area contributed by atoms with E-state index >= 15 is 0 Å². The molecule has 0 heterocycles. The second-order valence-corrected chi connectivity index (χ2v) is 9.99. The van der Waals surface area contributed by atoms with E-state index in [2.05, 4.69) is 4.90 Å². The van der Waals surface area contributed by atoms with Crippen molar-refractivity contribution in [3.05, 3.63) is 29.8 Å². The van der Waals surface area contributed by atoms with E-state index in [9.17, 15) is 21.6 Å². The zero-order valence-electron chi connectivity index (χ0n) is 18.4. The van der Waals surface area contributed by atoms with Crippen LogP contribution in [0.15, 0.2) is 29.2 Å². The summed E-state index contributed by atoms with van der Waals surface area (Å²) < 4.78 is 76.1. The Morgan fingerprint density at radius 3 is 2.16 bits per heavy atom. The molecule has 1 fully saturated rings. The molecule has 1 aliphatic carbocycles. The van der Waals surface area contributed by atoms with Gasteiger partial charge in [0, 0.05) is 39.9 Å². The molecule has 0 unspecified atom stereocenters. The van der Waals surface area contributed by atoms with Gasteiger partial charge in [0.25, 0.3) is 0 Å². The SMILES string of the molecule is COCCN(C)CCCOC1CCC(N(C)S(=O)(=O)c2ccc(C(F)(F)F)cc2)CC1. The Morgan fingerprint density at radius 2 is 1.61 bits per heavy atom. The molecule has 1 saturated carbocycles. The number of hydrogen-bond donors (Lipinski definition) is 0. The molecule has 2 rings (SSSR count). The van der Waals surface area contributed by atoms with Gasteiger partial charge in [-0.25, -0.2) is 8.42 Å². The molecule has 31 heavy (non-hydrogen) atoms. The number of sulfonamides is 1. The maximum Gasteiger partial charge on any atom is 0.416 e. The highest BCUT2D eigenvalue weighted by Gasteiger charge is 2.34. The molecule has 6 nitrogen and oxygen atoms in total. The first kappa shape index (κ1) is 26.1. The second kappa shape index (κ2) is 11.6. The predicted molar refractivity (Wildman–Crippen MR) is 112 cm³/mol. The summed E-state index contributed by atoms with van der Waals surface area (Å²) in [6, 6.07) is 3.46. The quantitative estimate of drug-likeness (QED) is 0.466. The number of likely N-dealkylation sites (N-methyl/N-ethyl adjacent to an activating group) is 1. The van der Waals surface area contributed by atoms with Crippen LogP contribution in [0.25, 0.3) is 0 Å². The van der Waals surface area contributed by atoms with Crippen molar-refractivity contribution in [3.8, 4) is 0 Å². The zero-order valence-corrected chi connectivity index (χ0v) is 19.2. The average Bonchev–Trinajstić information content (AvgIpc) is 2.74. The minimum absolute atomic E-state index is 0.114. The van der Waals surface area contributed by atoms with Crippen LogP contribution in [0.2, 0.25) is 0 Å². The molecule has 0 amide bonds. The van der Waals surface area contributed by atoms with Crippen molar-refractivity contribution in [2.45, 2.75) is 55.3 Å². The summed E-state index contributed by atoms with van der Waals surface area (Å²) in [5.74, 6) is 0. The van der Waals surface area contributed by atoms with Crippen LogP contribution >= 0.6 is 0 Å². The lowest BCUT2D eigenvalue weighted by Gasteiger charge is -2.34. The van der Waals surface area contributed by atoms with Crippen LogP contribution in [0.5, 0.6) is 0 Å². The number of rotatable bonds is 11. The molecule has 0 aliphatic heterocycles. The van der Waals surface area contributed by atoms with Gasteiger partial charge in [0.15, 0.2) is 0 Å². The number of alkyl halides is 3. The average molecular weight is 467 g/mol. The first-order valence-corrected chi connectivity index (χ1v) is 11.9. The molecule has 10 heteroatoms. The molecular weight excluding hydrogens is 433 g/mol. The smallest absolute Gasteiger partial charge is 0.383 e. The number of hydrogen-bond acceptors (Lipinski definition) is 5. The molecule has 0 N–H and O–H groups in total. The molecule has 0 radical (unpaired) electrons. The van der Waals surface area contributed by atoms with Gasteiger partial charge >= 0.3 is 6.18 Å². The van der Waals surface area contributed by atoms with Crippen LogP contribution in [0.3, 0.4) is 0 Å². The van der Waals surface area contributed by atoms with E-state index in [0.29, 0.717) is 26.1 Å². The highest BCUT2D eigenvalue weighted by Crippen LogP contribution is 2.32. The molecule has 0 aromatic heterocycles. The normalized spacial score (nSPS) is 20.5. The van der Waals surface area contributed by atoms with Crippen LogP contribution in [-0.2, 0) is 25.7 Å². The van der Waals surface area contributed by atoms with E-state index in [0.717, 1.165) is 56.6 Å². The third-order valence-corrected chi connectivity index (χ3v) is 7.66. The second-order valence-electron chi connectivity index (χ2n) is 7.99. The summed E-state index contributed by atoms with van der Waals surface area (Å²) >= 11 is 0. The summed E-state index contributed by atoms with van der Waals surface area (Å²) in [5.41, 5.74) is -0.864. The van der Waals surface area contributed by atoms with E-state index in [1.807, 2.05) is 7.05 Å². The Labute approximate surface area is 183 Å². The van der Waals surface area contributed by atoms with Gasteiger partial charge in [-0.1, -0.05) is 0 Å². The Balaban J connectivity index is 1.80. The van der Waals surface area contributed by atoms with E-state index < -0.39 is 21.8 Å². The third kappa shape index (κ3) is 7.71. The van der Waals surface area contributed by atoms with E-state index in [4.69, 9.17) is 9.47 Å². The van der Waals surface area contributed by atoms with Crippen LogP contribution in [0.4, 0.5) is 13.2 Å². The highest BCUT2D eigenvalue weighted by molar-refractivity contribution is 7.89. The Bertz CT molecular complexity index is 764. The van der Waals surface area contributed by atoms with E-state index in [-0.39, 0.29) is 17.0 Å². The number of halogens is 3. The van der Waals surface area contributed by atoms with Crippen molar-refractivity contribution < 1.29 is 31.1 Å². The number of nitrogens with zero attached hydrogens (tertiary/aromatic N) is 2. The Hall–Kier alpha value is -1.20. The Morgan fingerprint density at radius 1 is 1.00 bits per heavy atom. The minimum atomic E-state index is -4.49. The summed E-state index contributed by atoms with van der Waals surface area (Å²) in [6.45, 7) is 3.16. The van der Waals surface area contributed by atoms with Gasteiger partial charge in [0.2, 0.25) is 10.0 Å². The van der Waals surface area contributed by atoms with Crippen LogP contribution in [-0.4, -0.2) is 77.3 Å². The van der Waals surface area contributed by atoms with Crippen molar-refractivity contribution in [1.82, 2.24) is 9.21 Å². The monoisotopic (exact) mass is 466 g/mol. The lowest BCUT2D eigenvalue weighted by molar-refractivity contribution is -0.137. The highest BCUT2D eigenvalue weighted by atomic mass is 32.2. The lowest BCUT2D eigenvalue weighted by Crippen LogP contribution is -2.40. The fraction of sp³-hybridized carbons (Fsp3) is 0.714. The molecule has 1 aliphatic rings. The van der Waals surface area contributed by atoms with Crippen molar-refractivity contribution in [1.29, 1.82) is 0 Å². The lowest BCUT2D eigenvalue weighted by atomic mass is 9.93. The van der Waals surface area contributed by atoms with Gasteiger partial charge < -0.3 is 14.4 Å². The van der Waals surface area contributed by atoms with E-state index in [1.165, 1.54) is 11.4 Å². The molecule has 0 atom stereocenters. The predicted octanol–water partition coefficient (Wildman–Crippen LogP) is 3.62. The summed E-state index contributed by atoms with van der Waals surface area (Å²) in [7, 11) is 1.37. The van der Waals surface area contributed by atoms with Crippen LogP contribution in [0.1, 0.15) is 37.7 Å². The topological polar surface area (TPSA) is 59.1 Å². The molecule has 0 bridgehead atoms. The fourth-order valence-corrected chi connectivity index (χ4v) is 5.11. The van der Waals surface area contributed by atoms with Crippen LogP contribution in [0, 0.1) is 0 Å². The number of ether oxygens (including phenoxy) is 2. The molecule has 1 aromatic rings. The molecule has 0 spiro atoms. The maximum absolute atomic E-state index is 12.8. The first-order valence-electron chi connectivity index (χ1n) is 10.5. The summed E-state index contributed by atoms with van der Waals surface area (Å²) in [5, 5.41) is 0. The molecule has 178 valence electrons. The summed E-state index contributed by atoms with van der Waals surface area (Å²) in [4.78, 5) is 2.06. The van der Waals surface area contributed by atoms with Crippen molar-refractivity contribution >= 4 is 10.0 Å². The van der Waals surface area contributed by atoms with Crippen molar-refractivity contribution in [2.24, 2.45) is 0 Å².